The molecule has 0 unspecified atom stereocenters. The van der Waals surface area contributed by atoms with Gasteiger partial charge >= 0.3 is 0 Å². The van der Waals surface area contributed by atoms with Gasteiger partial charge in [0.1, 0.15) is 24.3 Å². The number of piperidine rings is 1. The number of benzene rings is 1. The Morgan fingerprint density at radius 1 is 1.06 bits per heavy atom. The molecule has 0 radical (unpaired) electrons. The van der Waals surface area contributed by atoms with E-state index < -0.39 is 0 Å². The van der Waals surface area contributed by atoms with E-state index in [0.717, 1.165) is 24.2 Å². The highest BCUT2D eigenvalue weighted by molar-refractivity contribution is 5.95. The van der Waals surface area contributed by atoms with Crippen molar-refractivity contribution in [2.75, 3.05) is 13.1 Å². The second-order valence-electron chi connectivity index (χ2n) is 8.57. The normalized spacial score (nSPS) is 14.3. The smallest absolute Gasteiger partial charge is 0.257 e. The predicted octanol–water partition coefficient (Wildman–Crippen LogP) is 3.85. The standard InChI is InChI=1S/C26H26N4O4/c1-18-2-7-24-27-22(15-30(24)14-18)17-34-23-5-3-19(4-6-23)25(31)28-21-8-11-29(12-9-21)26(32)20-10-13-33-16-20/h2-7,10,13-16,21H,8-9,11-12,17H2,1H3,(H,28,31). The number of carbonyl (C=O) groups is 2. The van der Waals surface area contributed by atoms with Gasteiger partial charge in [-0.1, -0.05) is 6.07 Å². The van der Waals surface area contributed by atoms with E-state index in [-0.39, 0.29) is 17.9 Å². The van der Waals surface area contributed by atoms with Crippen LogP contribution in [0.2, 0.25) is 0 Å². The molecule has 0 bridgehead atoms. The highest BCUT2D eigenvalue weighted by Crippen LogP contribution is 2.17. The molecule has 0 aliphatic carbocycles. The zero-order valence-corrected chi connectivity index (χ0v) is 18.9. The first-order valence-corrected chi connectivity index (χ1v) is 11.3. The van der Waals surface area contributed by atoms with E-state index in [4.69, 9.17) is 9.15 Å². The van der Waals surface area contributed by atoms with Crippen molar-refractivity contribution in [2.24, 2.45) is 0 Å². The van der Waals surface area contributed by atoms with Crippen LogP contribution in [0.15, 0.2) is 71.8 Å². The minimum Gasteiger partial charge on any atom is -0.487 e. The first kappa shape index (κ1) is 21.8. The first-order valence-electron chi connectivity index (χ1n) is 11.3. The number of nitrogens with one attached hydrogen (secondary N) is 1. The molecular formula is C26H26N4O4. The molecule has 2 amide bonds. The van der Waals surface area contributed by atoms with Gasteiger partial charge in [0, 0.05) is 37.1 Å². The predicted molar refractivity (Wildman–Crippen MR) is 126 cm³/mol. The molecule has 1 aliphatic heterocycles. The minimum absolute atomic E-state index is 0.0344. The number of rotatable bonds is 6. The summed E-state index contributed by atoms with van der Waals surface area (Å²) < 4.78 is 12.8. The SMILES string of the molecule is Cc1ccc2nc(COc3ccc(C(=O)NC4CCN(C(=O)c5ccoc5)CC4)cc3)cn2c1. The monoisotopic (exact) mass is 458 g/mol. The van der Waals surface area contributed by atoms with Crippen LogP contribution in [0, 0.1) is 6.92 Å². The second kappa shape index (κ2) is 9.43. The summed E-state index contributed by atoms with van der Waals surface area (Å²) >= 11 is 0. The first-order chi connectivity index (χ1) is 16.5. The number of amides is 2. The summed E-state index contributed by atoms with van der Waals surface area (Å²) in [5.41, 5.74) is 4.02. The number of furan rings is 1. The van der Waals surface area contributed by atoms with Crippen molar-refractivity contribution in [2.45, 2.75) is 32.4 Å². The van der Waals surface area contributed by atoms with Crippen LogP contribution in [0.5, 0.6) is 5.75 Å². The zero-order valence-electron chi connectivity index (χ0n) is 18.9. The lowest BCUT2D eigenvalue weighted by molar-refractivity contribution is 0.0697. The number of fused-ring (bicyclic) bond motifs is 1. The van der Waals surface area contributed by atoms with Gasteiger partial charge in [-0.3, -0.25) is 9.59 Å². The fourth-order valence-corrected chi connectivity index (χ4v) is 4.15. The molecule has 8 nitrogen and oxygen atoms in total. The van der Waals surface area contributed by atoms with Gasteiger partial charge in [-0.2, -0.15) is 0 Å². The molecule has 0 spiro atoms. The molecule has 1 N–H and O–H groups in total. The Kier molecular flexibility index (Phi) is 6.03. The lowest BCUT2D eigenvalue weighted by atomic mass is 10.0. The van der Waals surface area contributed by atoms with Gasteiger partial charge in [-0.05, 0) is 61.7 Å². The lowest BCUT2D eigenvalue weighted by Crippen LogP contribution is -2.46. The third-order valence-electron chi connectivity index (χ3n) is 6.04. The van der Waals surface area contributed by atoms with Gasteiger partial charge in [0.05, 0.1) is 17.5 Å². The molecule has 1 fully saturated rings. The number of aromatic nitrogens is 2. The molecule has 0 saturated carbocycles. The van der Waals surface area contributed by atoms with Crippen LogP contribution >= 0.6 is 0 Å². The maximum atomic E-state index is 12.7. The summed E-state index contributed by atoms with van der Waals surface area (Å²) in [5, 5.41) is 3.08. The van der Waals surface area contributed by atoms with Gasteiger partial charge in [-0.25, -0.2) is 4.98 Å². The summed E-state index contributed by atoms with van der Waals surface area (Å²) in [7, 11) is 0. The number of aryl methyl sites for hydroxylation is 1. The van der Waals surface area contributed by atoms with Gasteiger partial charge in [-0.15, -0.1) is 0 Å². The number of pyridine rings is 1. The lowest BCUT2D eigenvalue weighted by Gasteiger charge is -2.32. The van der Waals surface area contributed by atoms with E-state index in [0.29, 0.717) is 36.6 Å². The summed E-state index contributed by atoms with van der Waals surface area (Å²) in [6.07, 6.45) is 8.38. The van der Waals surface area contributed by atoms with E-state index in [1.807, 2.05) is 35.9 Å². The molecule has 4 heterocycles. The Morgan fingerprint density at radius 3 is 2.59 bits per heavy atom. The molecule has 0 atom stereocenters. The number of hydrogen-bond donors (Lipinski definition) is 1. The van der Waals surface area contributed by atoms with E-state index in [1.165, 1.54) is 18.1 Å². The molecule has 5 rings (SSSR count). The highest BCUT2D eigenvalue weighted by atomic mass is 16.5. The van der Waals surface area contributed by atoms with Gasteiger partial charge < -0.3 is 23.8 Å². The average Bonchev–Trinajstić information content (AvgIpc) is 3.53. The summed E-state index contributed by atoms with van der Waals surface area (Å²) in [4.78, 5) is 31.4. The maximum Gasteiger partial charge on any atom is 0.257 e. The third kappa shape index (κ3) is 4.80. The van der Waals surface area contributed by atoms with Crippen molar-refractivity contribution >= 4 is 17.5 Å². The number of nitrogens with zero attached hydrogens (tertiary/aromatic N) is 3. The van der Waals surface area contributed by atoms with Crippen molar-refractivity contribution in [3.63, 3.8) is 0 Å². The van der Waals surface area contributed by atoms with Crippen LogP contribution < -0.4 is 10.1 Å². The second-order valence-corrected chi connectivity index (χ2v) is 8.57. The fraction of sp³-hybridized carbons (Fsp3) is 0.269. The highest BCUT2D eigenvalue weighted by Gasteiger charge is 2.25. The van der Waals surface area contributed by atoms with Gasteiger partial charge in [0.25, 0.3) is 11.8 Å². The quantitative estimate of drug-likeness (QED) is 0.474. The van der Waals surface area contributed by atoms with Gasteiger partial charge in [0.2, 0.25) is 0 Å². The molecule has 8 heteroatoms. The Labute approximate surface area is 197 Å². The molecular weight excluding hydrogens is 432 g/mol. The third-order valence-corrected chi connectivity index (χ3v) is 6.04. The van der Waals surface area contributed by atoms with Crippen molar-refractivity contribution in [1.29, 1.82) is 0 Å². The van der Waals surface area contributed by atoms with Crippen molar-refractivity contribution in [3.05, 3.63) is 89.8 Å². The summed E-state index contributed by atoms with van der Waals surface area (Å²) in [5.74, 6) is 0.519. The van der Waals surface area contributed by atoms with Crippen LogP contribution in [-0.2, 0) is 6.61 Å². The van der Waals surface area contributed by atoms with Gasteiger partial charge in [0.15, 0.2) is 0 Å². The summed E-state index contributed by atoms with van der Waals surface area (Å²) in [6.45, 7) is 3.59. The maximum absolute atomic E-state index is 12.7. The van der Waals surface area contributed by atoms with Crippen LogP contribution in [0.25, 0.3) is 5.65 Å². The molecule has 174 valence electrons. The van der Waals surface area contributed by atoms with E-state index in [2.05, 4.69) is 10.3 Å². The number of ether oxygens (including phenoxy) is 1. The zero-order chi connectivity index (χ0) is 23.5. The molecule has 4 aromatic rings. The van der Waals surface area contributed by atoms with E-state index in [1.54, 1.807) is 35.2 Å². The molecule has 1 aromatic carbocycles. The van der Waals surface area contributed by atoms with Crippen molar-refractivity contribution in [1.82, 2.24) is 19.6 Å². The van der Waals surface area contributed by atoms with Crippen LogP contribution in [0.1, 0.15) is 44.8 Å². The Morgan fingerprint density at radius 2 is 1.85 bits per heavy atom. The number of hydrogen-bond acceptors (Lipinski definition) is 5. The number of likely N-dealkylation sites (tertiary alicyclic amines) is 1. The Balaban J connectivity index is 1.11. The molecule has 1 aliphatic rings. The number of imidazole rings is 1. The number of carbonyl (C=O) groups excluding carboxylic acids is 2. The fourth-order valence-electron chi connectivity index (χ4n) is 4.15. The van der Waals surface area contributed by atoms with Crippen molar-refractivity contribution in [3.8, 4) is 5.75 Å². The summed E-state index contributed by atoms with van der Waals surface area (Å²) in [6, 6.07) is 12.8. The molecule has 3 aromatic heterocycles. The molecule has 1 saturated heterocycles. The average molecular weight is 459 g/mol. The Bertz CT molecular complexity index is 1290. The largest absolute Gasteiger partial charge is 0.487 e. The van der Waals surface area contributed by atoms with E-state index in [9.17, 15) is 9.59 Å². The Hall–Kier alpha value is -4.07. The van der Waals surface area contributed by atoms with Crippen molar-refractivity contribution < 1.29 is 18.7 Å². The van der Waals surface area contributed by atoms with Crippen LogP contribution in [0.4, 0.5) is 0 Å². The van der Waals surface area contributed by atoms with Crippen LogP contribution in [0.3, 0.4) is 0 Å². The van der Waals surface area contributed by atoms with E-state index >= 15 is 0 Å². The van der Waals surface area contributed by atoms with Crippen LogP contribution in [-0.4, -0.2) is 45.2 Å². The molecule has 34 heavy (non-hydrogen) atoms. The topological polar surface area (TPSA) is 89.1 Å². The minimum atomic E-state index is -0.123.